The summed E-state index contributed by atoms with van der Waals surface area (Å²) in [6, 6.07) is 9.65. The molecule has 0 bridgehead atoms. The molecule has 1 N–H and O–H groups in total. The van der Waals surface area contributed by atoms with Crippen LogP contribution in [-0.2, 0) is 0 Å². The quantitative estimate of drug-likeness (QED) is 0.616. The lowest BCUT2D eigenvalue weighted by molar-refractivity contribution is -0.384. The number of rotatable bonds is 3. The Kier molecular flexibility index (Phi) is 2.37. The van der Waals surface area contributed by atoms with Crippen LogP contribution in [0, 0.1) is 10.1 Å². The van der Waals surface area contributed by atoms with E-state index in [-0.39, 0.29) is 5.69 Å². The van der Waals surface area contributed by atoms with Crippen molar-refractivity contribution < 1.29 is 9.34 Å². The van der Waals surface area contributed by atoms with Crippen molar-refractivity contribution in [3.63, 3.8) is 0 Å². The van der Waals surface area contributed by atoms with Gasteiger partial charge in [0.15, 0.2) is 5.88 Å². The Morgan fingerprint density at radius 3 is 2.47 bits per heavy atom. The molecule has 0 unspecified atom stereocenters. The summed E-state index contributed by atoms with van der Waals surface area (Å²) in [6.07, 6.45) is 1.55. The standard InChI is InChI=1S/C10H8N2O3/c13-12(14)9-5-3-8(4-6-9)11-10-2-1-7-15-10/h1-7,11H. The lowest BCUT2D eigenvalue weighted by Gasteiger charge is -2.01. The van der Waals surface area contributed by atoms with Crippen LogP contribution in [0.4, 0.5) is 17.3 Å². The van der Waals surface area contributed by atoms with E-state index in [1.807, 2.05) is 0 Å². The minimum absolute atomic E-state index is 0.0694. The summed E-state index contributed by atoms with van der Waals surface area (Å²) >= 11 is 0. The van der Waals surface area contributed by atoms with Gasteiger partial charge in [-0.3, -0.25) is 10.1 Å². The van der Waals surface area contributed by atoms with Crippen LogP contribution >= 0.6 is 0 Å². The van der Waals surface area contributed by atoms with Gasteiger partial charge < -0.3 is 9.73 Å². The first-order valence-corrected chi connectivity index (χ1v) is 4.31. The van der Waals surface area contributed by atoms with Crippen LogP contribution in [0.25, 0.3) is 0 Å². The molecule has 0 fully saturated rings. The molecule has 0 atom stereocenters. The Hall–Kier alpha value is -2.30. The molecular formula is C10H8N2O3. The van der Waals surface area contributed by atoms with Gasteiger partial charge in [-0.25, -0.2) is 0 Å². The maximum absolute atomic E-state index is 10.4. The second kappa shape index (κ2) is 3.83. The van der Waals surface area contributed by atoms with E-state index >= 15 is 0 Å². The molecule has 0 aliphatic carbocycles. The number of nitro groups is 1. The lowest BCUT2D eigenvalue weighted by atomic mass is 10.3. The van der Waals surface area contributed by atoms with Crippen LogP contribution in [-0.4, -0.2) is 4.92 Å². The van der Waals surface area contributed by atoms with Crippen LogP contribution in [0.2, 0.25) is 0 Å². The Morgan fingerprint density at radius 1 is 1.20 bits per heavy atom. The van der Waals surface area contributed by atoms with Crippen molar-refractivity contribution in [1.29, 1.82) is 0 Å². The number of benzene rings is 1. The van der Waals surface area contributed by atoms with Crippen LogP contribution in [0.5, 0.6) is 0 Å². The van der Waals surface area contributed by atoms with Gasteiger partial charge in [0.25, 0.3) is 5.69 Å². The van der Waals surface area contributed by atoms with Gasteiger partial charge in [0.05, 0.1) is 11.2 Å². The SMILES string of the molecule is O=[N+]([O-])c1ccc(Nc2ccco2)cc1. The van der Waals surface area contributed by atoms with Crippen LogP contribution < -0.4 is 5.32 Å². The van der Waals surface area contributed by atoms with Crippen molar-refractivity contribution in [2.45, 2.75) is 0 Å². The third-order valence-corrected chi connectivity index (χ3v) is 1.87. The Morgan fingerprint density at radius 2 is 1.93 bits per heavy atom. The summed E-state index contributed by atoms with van der Waals surface area (Å²) in [5.74, 6) is 0.601. The van der Waals surface area contributed by atoms with Gasteiger partial charge in [-0.15, -0.1) is 0 Å². The molecule has 5 nitrogen and oxygen atoms in total. The highest BCUT2D eigenvalue weighted by Gasteiger charge is 2.04. The summed E-state index contributed by atoms with van der Waals surface area (Å²) in [7, 11) is 0. The molecule has 2 rings (SSSR count). The van der Waals surface area contributed by atoms with E-state index in [2.05, 4.69) is 5.32 Å². The van der Waals surface area contributed by atoms with Gasteiger partial charge in [0, 0.05) is 23.9 Å². The van der Waals surface area contributed by atoms with E-state index in [0.29, 0.717) is 5.88 Å². The average molecular weight is 204 g/mol. The van der Waals surface area contributed by atoms with Gasteiger partial charge in [0.2, 0.25) is 0 Å². The van der Waals surface area contributed by atoms with Crippen molar-refractivity contribution in [3.8, 4) is 0 Å². The third kappa shape index (κ3) is 2.14. The first-order chi connectivity index (χ1) is 7.25. The van der Waals surface area contributed by atoms with E-state index in [9.17, 15) is 10.1 Å². The van der Waals surface area contributed by atoms with Gasteiger partial charge in [-0.05, 0) is 18.2 Å². The first-order valence-electron chi connectivity index (χ1n) is 4.31. The first kappa shape index (κ1) is 9.26. The number of hydrogen-bond donors (Lipinski definition) is 1. The highest BCUT2D eigenvalue weighted by Crippen LogP contribution is 2.19. The predicted molar refractivity (Wildman–Crippen MR) is 55.1 cm³/mol. The molecule has 1 aromatic carbocycles. The summed E-state index contributed by atoms with van der Waals surface area (Å²) in [6.45, 7) is 0. The number of non-ortho nitro benzene ring substituents is 1. The molecule has 15 heavy (non-hydrogen) atoms. The van der Waals surface area contributed by atoms with E-state index in [4.69, 9.17) is 4.42 Å². The predicted octanol–water partition coefficient (Wildman–Crippen LogP) is 2.93. The topological polar surface area (TPSA) is 68.3 Å². The number of nitro benzene ring substituents is 1. The molecule has 1 heterocycles. The minimum Gasteiger partial charge on any atom is -0.449 e. The zero-order valence-electron chi connectivity index (χ0n) is 7.71. The number of hydrogen-bond acceptors (Lipinski definition) is 4. The van der Waals surface area contributed by atoms with Crippen molar-refractivity contribution in [1.82, 2.24) is 0 Å². The lowest BCUT2D eigenvalue weighted by Crippen LogP contribution is -1.90. The second-order valence-electron chi connectivity index (χ2n) is 2.91. The molecule has 0 saturated carbocycles. The van der Waals surface area contributed by atoms with Crippen molar-refractivity contribution >= 4 is 17.3 Å². The van der Waals surface area contributed by atoms with E-state index in [0.717, 1.165) is 5.69 Å². The molecule has 2 aromatic rings. The highest BCUT2D eigenvalue weighted by atomic mass is 16.6. The van der Waals surface area contributed by atoms with E-state index in [1.165, 1.54) is 12.1 Å². The number of furan rings is 1. The Labute approximate surface area is 85.5 Å². The fourth-order valence-corrected chi connectivity index (χ4v) is 1.16. The van der Waals surface area contributed by atoms with Gasteiger partial charge in [0.1, 0.15) is 0 Å². The van der Waals surface area contributed by atoms with Crippen LogP contribution in [0.1, 0.15) is 0 Å². The van der Waals surface area contributed by atoms with Crippen molar-refractivity contribution in [2.75, 3.05) is 5.32 Å². The molecule has 1 aromatic heterocycles. The molecular weight excluding hydrogens is 196 g/mol. The largest absolute Gasteiger partial charge is 0.449 e. The summed E-state index contributed by atoms with van der Waals surface area (Å²) in [5.41, 5.74) is 0.815. The molecule has 0 aliphatic heterocycles. The van der Waals surface area contributed by atoms with E-state index < -0.39 is 4.92 Å². The van der Waals surface area contributed by atoms with Gasteiger partial charge >= 0.3 is 0 Å². The molecule has 5 heteroatoms. The van der Waals surface area contributed by atoms with Crippen molar-refractivity contribution in [2.24, 2.45) is 0 Å². The molecule has 0 aliphatic rings. The smallest absolute Gasteiger partial charge is 0.269 e. The molecule has 0 saturated heterocycles. The van der Waals surface area contributed by atoms with Crippen molar-refractivity contribution in [3.05, 3.63) is 52.8 Å². The molecule has 0 spiro atoms. The Bertz CT molecular complexity index is 448. The summed E-state index contributed by atoms with van der Waals surface area (Å²) in [5, 5.41) is 13.4. The Balaban J connectivity index is 2.14. The number of anilines is 2. The number of nitrogens with one attached hydrogen (secondary N) is 1. The fraction of sp³-hybridized carbons (Fsp3) is 0. The zero-order valence-corrected chi connectivity index (χ0v) is 7.71. The summed E-state index contributed by atoms with van der Waals surface area (Å²) < 4.78 is 5.07. The maximum atomic E-state index is 10.4. The molecule has 0 amide bonds. The number of nitrogens with zero attached hydrogens (tertiary/aromatic N) is 1. The third-order valence-electron chi connectivity index (χ3n) is 1.87. The van der Waals surface area contributed by atoms with Gasteiger partial charge in [-0.1, -0.05) is 0 Å². The van der Waals surface area contributed by atoms with Gasteiger partial charge in [-0.2, -0.15) is 0 Å². The highest BCUT2D eigenvalue weighted by molar-refractivity contribution is 5.56. The van der Waals surface area contributed by atoms with E-state index in [1.54, 1.807) is 30.5 Å². The molecule has 76 valence electrons. The monoisotopic (exact) mass is 204 g/mol. The minimum atomic E-state index is -0.434. The fourth-order valence-electron chi connectivity index (χ4n) is 1.16. The summed E-state index contributed by atoms with van der Waals surface area (Å²) in [4.78, 5) is 9.96. The average Bonchev–Trinajstić information content (AvgIpc) is 2.71. The van der Waals surface area contributed by atoms with Crippen LogP contribution in [0.15, 0.2) is 47.1 Å². The normalized spacial score (nSPS) is 9.87. The van der Waals surface area contributed by atoms with Crippen LogP contribution in [0.3, 0.4) is 0 Å². The zero-order chi connectivity index (χ0) is 10.7. The second-order valence-corrected chi connectivity index (χ2v) is 2.91. The maximum Gasteiger partial charge on any atom is 0.269 e. The molecule has 0 radical (unpaired) electrons.